The maximum Gasteiger partial charge on any atom is 0.251 e. The molecule has 0 radical (unpaired) electrons. The zero-order valence-corrected chi connectivity index (χ0v) is 23.6. The van der Waals surface area contributed by atoms with Crippen molar-refractivity contribution in [3.63, 3.8) is 0 Å². The maximum absolute atomic E-state index is 12.9. The molecule has 2 amide bonds. The minimum absolute atomic E-state index is 0.0812. The van der Waals surface area contributed by atoms with E-state index >= 15 is 0 Å². The highest BCUT2D eigenvalue weighted by Crippen LogP contribution is 2.45. The lowest BCUT2D eigenvalue weighted by Crippen LogP contribution is -2.43. The van der Waals surface area contributed by atoms with Gasteiger partial charge in [0.1, 0.15) is 6.04 Å². The van der Waals surface area contributed by atoms with E-state index in [1.807, 2.05) is 43.3 Å². The number of hydrogen-bond acceptors (Lipinski definition) is 8. The number of Topliss-reactive ketones (excluding diaryl/α,β-unsaturated/α-hetero) is 1. The van der Waals surface area contributed by atoms with E-state index in [9.17, 15) is 19.6 Å². The van der Waals surface area contributed by atoms with Crippen molar-refractivity contribution in [2.75, 3.05) is 33.4 Å². The Bertz CT molecular complexity index is 1410. The van der Waals surface area contributed by atoms with E-state index < -0.39 is 5.41 Å². The number of ketones is 1. The van der Waals surface area contributed by atoms with E-state index in [1.54, 1.807) is 11.9 Å². The summed E-state index contributed by atoms with van der Waals surface area (Å²) in [5.74, 6) is 0.423. The number of aryl methyl sites for hydroxylation is 2. The highest BCUT2D eigenvalue weighted by molar-refractivity contribution is 6.00. The number of amides is 2. The minimum atomic E-state index is -0.797. The number of nitrogens with one attached hydrogen (secondary N) is 2. The van der Waals surface area contributed by atoms with Crippen LogP contribution in [0.5, 0.6) is 0 Å². The Labute approximate surface area is 239 Å². The molecule has 0 bridgehead atoms. The lowest BCUT2D eigenvalue weighted by atomic mass is 9.68. The number of azo groups is 1. The highest BCUT2D eigenvalue weighted by atomic mass is 16.2. The summed E-state index contributed by atoms with van der Waals surface area (Å²) < 4.78 is 0. The second-order valence-electron chi connectivity index (χ2n) is 10.7. The Kier molecular flexibility index (Phi) is 8.36. The van der Waals surface area contributed by atoms with Crippen LogP contribution in [0.2, 0.25) is 0 Å². The zero-order chi connectivity index (χ0) is 29.0. The molecule has 1 fully saturated rings. The number of likely N-dealkylation sites (tertiary alicyclic amines) is 1. The molecule has 2 atom stereocenters. The third-order valence-corrected chi connectivity index (χ3v) is 8.43. The third kappa shape index (κ3) is 5.30. The summed E-state index contributed by atoms with van der Waals surface area (Å²) in [6.07, 6.45) is 3.87. The lowest BCUT2D eigenvalue weighted by Gasteiger charge is -2.35. The highest BCUT2D eigenvalue weighted by Gasteiger charge is 2.45. The number of carbonyl (C=O) groups is 3. The minimum Gasteiger partial charge on any atom is -0.355 e. The summed E-state index contributed by atoms with van der Waals surface area (Å²) in [5, 5.41) is 24.1. The van der Waals surface area contributed by atoms with E-state index in [4.69, 9.17) is 4.99 Å². The Hall–Kier alpha value is -4.23. The average Bonchev–Trinajstić information content (AvgIpc) is 3.70. The molecule has 2 aromatic carbocycles. The monoisotopic (exact) mass is 553 g/mol. The van der Waals surface area contributed by atoms with Crippen LogP contribution in [0.15, 0.2) is 51.6 Å². The van der Waals surface area contributed by atoms with E-state index in [0.29, 0.717) is 62.2 Å². The SMILES string of the molecule is CCC(=O)c1ccc2c(c1)CCc1cc(C(=O)NC)ccc1C2(CCNCC(=O)N1CCC[C@H]1C#N)C1=NCN=N1. The largest absolute Gasteiger partial charge is 0.355 e. The van der Waals surface area contributed by atoms with Crippen LogP contribution in [0.25, 0.3) is 0 Å². The van der Waals surface area contributed by atoms with E-state index in [2.05, 4.69) is 26.9 Å². The normalized spacial score (nSPS) is 21.0. The molecule has 2 aromatic rings. The molecule has 10 heteroatoms. The summed E-state index contributed by atoms with van der Waals surface area (Å²) in [7, 11) is 1.61. The quantitative estimate of drug-likeness (QED) is 0.362. The van der Waals surface area contributed by atoms with Crippen molar-refractivity contribution in [3.8, 4) is 6.07 Å². The number of nitrogens with zero attached hydrogens (tertiary/aromatic N) is 5. The zero-order valence-electron chi connectivity index (χ0n) is 23.6. The van der Waals surface area contributed by atoms with Gasteiger partial charge in [0.25, 0.3) is 5.91 Å². The van der Waals surface area contributed by atoms with Gasteiger partial charge in [-0.2, -0.15) is 10.4 Å². The topological polar surface area (TPSA) is 139 Å². The van der Waals surface area contributed by atoms with Crippen molar-refractivity contribution in [2.24, 2.45) is 15.2 Å². The fraction of sp³-hybridized carbons (Fsp3) is 0.452. The summed E-state index contributed by atoms with van der Waals surface area (Å²) in [6, 6.07) is 13.5. The van der Waals surface area contributed by atoms with Crippen LogP contribution in [0.3, 0.4) is 0 Å². The van der Waals surface area contributed by atoms with Crippen LogP contribution in [-0.2, 0) is 23.1 Å². The lowest BCUT2D eigenvalue weighted by molar-refractivity contribution is -0.130. The molecule has 1 aliphatic carbocycles. The van der Waals surface area contributed by atoms with Gasteiger partial charge in [-0.05, 0) is 79.1 Å². The molecular formula is C31H35N7O3. The first-order valence-corrected chi connectivity index (χ1v) is 14.3. The number of benzene rings is 2. The first-order chi connectivity index (χ1) is 19.9. The van der Waals surface area contributed by atoms with Gasteiger partial charge >= 0.3 is 0 Å². The Morgan fingerprint density at radius 2 is 1.80 bits per heavy atom. The van der Waals surface area contributed by atoms with Gasteiger partial charge in [0.15, 0.2) is 18.3 Å². The predicted molar refractivity (Wildman–Crippen MR) is 154 cm³/mol. The van der Waals surface area contributed by atoms with Crippen LogP contribution in [0, 0.1) is 11.3 Å². The van der Waals surface area contributed by atoms with Crippen LogP contribution < -0.4 is 10.6 Å². The Balaban J connectivity index is 1.55. The molecule has 3 aliphatic rings. The van der Waals surface area contributed by atoms with E-state index in [-0.39, 0.29) is 36.9 Å². The molecule has 41 heavy (non-hydrogen) atoms. The van der Waals surface area contributed by atoms with Gasteiger partial charge in [-0.3, -0.25) is 14.4 Å². The van der Waals surface area contributed by atoms with E-state index in [0.717, 1.165) is 28.7 Å². The summed E-state index contributed by atoms with van der Waals surface area (Å²) in [6.45, 7) is 3.29. The second kappa shape index (κ2) is 12.1. The first kappa shape index (κ1) is 28.3. The predicted octanol–water partition coefficient (Wildman–Crippen LogP) is 3.34. The number of amidine groups is 1. The number of hydrogen-bond donors (Lipinski definition) is 2. The molecule has 0 saturated carbocycles. The van der Waals surface area contributed by atoms with Crippen molar-refractivity contribution in [1.82, 2.24) is 15.5 Å². The molecule has 1 saturated heterocycles. The average molecular weight is 554 g/mol. The molecule has 212 valence electrons. The van der Waals surface area contributed by atoms with Gasteiger partial charge in [0, 0.05) is 31.1 Å². The van der Waals surface area contributed by atoms with Gasteiger partial charge in [-0.15, -0.1) is 5.11 Å². The number of fused-ring (bicyclic) bond motifs is 2. The van der Waals surface area contributed by atoms with Crippen LogP contribution >= 0.6 is 0 Å². The molecule has 1 unspecified atom stereocenters. The molecule has 10 nitrogen and oxygen atoms in total. The molecule has 2 N–H and O–H groups in total. The van der Waals surface area contributed by atoms with Crippen LogP contribution in [0.1, 0.15) is 75.6 Å². The third-order valence-electron chi connectivity index (χ3n) is 8.43. The van der Waals surface area contributed by atoms with Crippen molar-refractivity contribution >= 4 is 23.4 Å². The van der Waals surface area contributed by atoms with Gasteiger partial charge < -0.3 is 15.5 Å². The fourth-order valence-corrected chi connectivity index (χ4v) is 6.35. The Morgan fingerprint density at radius 1 is 1.10 bits per heavy atom. The van der Waals surface area contributed by atoms with Gasteiger partial charge in [-0.25, -0.2) is 4.99 Å². The van der Waals surface area contributed by atoms with Gasteiger partial charge in [-0.1, -0.05) is 25.1 Å². The fourth-order valence-electron chi connectivity index (χ4n) is 6.35. The Morgan fingerprint density at radius 3 is 2.44 bits per heavy atom. The molecule has 5 rings (SSSR count). The first-order valence-electron chi connectivity index (χ1n) is 14.3. The van der Waals surface area contributed by atoms with Crippen LogP contribution in [0.4, 0.5) is 0 Å². The second-order valence-corrected chi connectivity index (χ2v) is 10.7. The summed E-state index contributed by atoms with van der Waals surface area (Å²) >= 11 is 0. The van der Waals surface area contributed by atoms with Crippen molar-refractivity contribution < 1.29 is 14.4 Å². The van der Waals surface area contributed by atoms with E-state index in [1.165, 1.54) is 0 Å². The standard InChI is InChI=1S/C31H35N7O3/c1-3-27(39)22-8-10-25-20(15-22)6-7-21-16-23(29(41)33-2)9-11-26(21)31(25,30-35-19-36-37-30)12-13-34-18-28(40)38-14-4-5-24(38)17-32/h8-11,15-16,24,34H,3-7,12-14,18-19H2,1-2H3,(H,33,41)/t24-,31?/m0/s1. The van der Waals surface area contributed by atoms with Gasteiger partial charge in [0.05, 0.1) is 18.0 Å². The molecule has 2 aliphatic heterocycles. The van der Waals surface area contributed by atoms with Gasteiger partial charge in [0.2, 0.25) is 5.91 Å². The summed E-state index contributed by atoms with van der Waals surface area (Å²) in [4.78, 5) is 44.4. The number of aliphatic imine (C=N–C) groups is 1. The maximum atomic E-state index is 12.9. The number of nitriles is 1. The van der Waals surface area contributed by atoms with Crippen molar-refractivity contribution in [1.29, 1.82) is 5.26 Å². The molecular weight excluding hydrogens is 518 g/mol. The molecule has 0 spiro atoms. The summed E-state index contributed by atoms with van der Waals surface area (Å²) in [5.41, 5.74) is 4.51. The smallest absolute Gasteiger partial charge is 0.251 e. The van der Waals surface area contributed by atoms with Crippen molar-refractivity contribution in [2.45, 2.75) is 56.9 Å². The molecule has 2 heterocycles. The van der Waals surface area contributed by atoms with Crippen molar-refractivity contribution in [3.05, 3.63) is 69.8 Å². The van der Waals surface area contributed by atoms with Crippen LogP contribution in [-0.4, -0.2) is 67.7 Å². The number of rotatable bonds is 9. The molecule has 0 aromatic heterocycles. The number of carbonyl (C=O) groups excluding carboxylic acids is 3.